The number of nitrogen functional groups attached to an aromatic ring is 1. The molecule has 8 nitrogen and oxygen atoms in total. The lowest BCUT2D eigenvalue weighted by Gasteiger charge is -2.25. The summed E-state index contributed by atoms with van der Waals surface area (Å²) < 4.78 is 0. The number of aromatic nitrogens is 2. The van der Waals surface area contributed by atoms with E-state index in [2.05, 4.69) is 51.2 Å². The molecule has 1 amide bonds. The summed E-state index contributed by atoms with van der Waals surface area (Å²) in [6.45, 7) is 11.0. The molecule has 2 rings (SSSR count). The summed E-state index contributed by atoms with van der Waals surface area (Å²) in [7, 11) is 1.97. The second-order valence-electron chi connectivity index (χ2n) is 8.48. The number of allylic oxidation sites excluding steroid dienone is 1. The molecule has 8 heteroatoms. The van der Waals surface area contributed by atoms with E-state index in [1.807, 2.05) is 18.0 Å². The van der Waals surface area contributed by atoms with Crippen LogP contribution in [0.5, 0.6) is 0 Å². The minimum Gasteiger partial charge on any atom is -0.382 e. The summed E-state index contributed by atoms with van der Waals surface area (Å²) in [5.41, 5.74) is 6.60. The lowest BCUT2D eigenvalue weighted by atomic mass is 10.0. The molecular weight excluding hydrogens is 402 g/mol. The van der Waals surface area contributed by atoms with Crippen LogP contribution in [0.1, 0.15) is 51.9 Å². The molecule has 1 atom stereocenters. The van der Waals surface area contributed by atoms with Crippen molar-refractivity contribution >= 4 is 29.7 Å². The van der Waals surface area contributed by atoms with Gasteiger partial charge in [0.25, 0.3) is 0 Å². The number of amides is 1. The largest absolute Gasteiger partial charge is 0.382 e. The highest BCUT2D eigenvalue weighted by Gasteiger charge is 2.18. The van der Waals surface area contributed by atoms with Crippen LogP contribution in [0.3, 0.4) is 0 Å². The van der Waals surface area contributed by atoms with Gasteiger partial charge in [0, 0.05) is 26.7 Å². The SMILES string of the molecule is C=CCC(/C=C/CN1CCCC1)CN(C)c1nc(NCCCCCC)nc(N)c1NC=O. The second kappa shape index (κ2) is 14.5. The number of nitrogens with zero attached hydrogens (tertiary/aromatic N) is 4. The molecule has 1 aliphatic heterocycles. The maximum atomic E-state index is 11.2. The van der Waals surface area contributed by atoms with Gasteiger partial charge < -0.3 is 21.3 Å². The number of carbonyl (C=O) groups is 1. The number of likely N-dealkylation sites (tertiary alicyclic amines) is 1. The second-order valence-corrected chi connectivity index (χ2v) is 8.48. The maximum absolute atomic E-state index is 11.2. The topological polar surface area (TPSA) is 99.4 Å². The highest BCUT2D eigenvalue weighted by molar-refractivity contribution is 5.86. The zero-order valence-electron chi connectivity index (χ0n) is 19.9. The Bertz CT molecular complexity index is 731. The first-order valence-corrected chi connectivity index (χ1v) is 11.9. The van der Waals surface area contributed by atoms with E-state index in [0.717, 1.165) is 32.5 Å². The van der Waals surface area contributed by atoms with Gasteiger partial charge in [-0.25, -0.2) is 0 Å². The zero-order valence-corrected chi connectivity index (χ0v) is 19.9. The highest BCUT2D eigenvalue weighted by Crippen LogP contribution is 2.30. The number of anilines is 4. The van der Waals surface area contributed by atoms with E-state index in [1.54, 1.807) is 0 Å². The van der Waals surface area contributed by atoms with Gasteiger partial charge in [-0.05, 0) is 44.7 Å². The van der Waals surface area contributed by atoms with Crippen LogP contribution in [0.4, 0.5) is 23.3 Å². The van der Waals surface area contributed by atoms with Crippen molar-refractivity contribution in [2.24, 2.45) is 5.92 Å². The summed E-state index contributed by atoms with van der Waals surface area (Å²) in [6.07, 6.45) is 15.2. The molecule has 0 bridgehead atoms. The Morgan fingerprint density at radius 2 is 2.03 bits per heavy atom. The summed E-state index contributed by atoms with van der Waals surface area (Å²) >= 11 is 0. The van der Waals surface area contributed by atoms with Gasteiger partial charge in [-0.1, -0.05) is 44.4 Å². The summed E-state index contributed by atoms with van der Waals surface area (Å²) in [5, 5.41) is 5.95. The number of rotatable bonds is 16. The molecular formula is C24H41N7O. The third-order valence-electron chi connectivity index (χ3n) is 5.74. The Morgan fingerprint density at radius 3 is 2.72 bits per heavy atom. The first-order chi connectivity index (χ1) is 15.6. The van der Waals surface area contributed by atoms with Crippen LogP contribution < -0.4 is 21.3 Å². The Hall–Kier alpha value is -2.61. The lowest BCUT2D eigenvalue weighted by Crippen LogP contribution is -2.27. The molecule has 1 unspecified atom stereocenters. The normalized spacial score (nSPS) is 15.1. The fourth-order valence-corrected chi connectivity index (χ4v) is 4.00. The van der Waals surface area contributed by atoms with E-state index in [1.165, 1.54) is 45.2 Å². The predicted molar refractivity (Wildman–Crippen MR) is 135 cm³/mol. The van der Waals surface area contributed by atoms with Gasteiger partial charge in [0.05, 0.1) is 0 Å². The van der Waals surface area contributed by atoms with Crippen LogP contribution in [0.2, 0.25) is 0 Å². The van der Waals surface area contributed by atoms with Gasteiger partial charge in [0.1, 0.15) is 5.69 Å². The number of carbonyl (C=O) groups excluding carboxylic acids is 1. The number of nitrogens with one attached hydrogen (secondary N) is 2. The van der Waals surface area contributed by atoms with Crippen molar-refractivity contribution in [1.29, 1.82) is 0 Å². The zero-order chi connectivity index (χ0) is 23.2. The maximum Gasteiger partial charge on any atom is 0.226 e. The number of nitrogens with two attached hydrogens (primary N) is 1. The molecule has 0 radical (unpaired) electrons. The number of hydrogen-bond acceptors (Lipinski definition) is 7. The molecule has 1 aromatic heterocycles. The van der Waals surface area contributed by atoms with Crippen LogP contribution in [-0.4, -0.2) is 61.0 Å². The first kappa shape index (κ1) is 25.6. The third-order valence-corrected chi connectivity index (χ3v) is 5.74. The summed E-state index contributed by atoms with van der Waals surface area (Å²) in [5.74, 6) is 1.64. The van der Waals surface area contributed by atoms with Gasteiger partial charge in [-0.3, -0.25) is 9.69 Å². The third kappa shape index (κ3) is 8.49. The molecule has 1 aliphatic rings. The predicted octanol–water partition coefficient (Wildman–Crippen LogP) is 3.90. The van der Waals surface area contributed by atoms with Crippen LogP contribution in [0.25, 0.3) is 0 Å². The lowest BCUT2D eigenvalue weighted by molar-refractivity contribution is -0.105. The van der Waals surface area contributed by atoms with Gasteiger partial charge >= 0.3 is 0 Å². The Labute approximate surface area is 193 Å². The highest BCUT2D eigenvalue weighted by atomic mass is 16.1. The molecule has 4 N–H and O–H groups in total. The quantitative estimate of drug-likeness (QED) is 0.202. The van der Waals surface area contributed by atoms with Crippen LogP contribution in [0.15, 0.2) is 24.8 Å². The Kier molecular flexibility index (Phi) is 11.6. The number of hydrogen-bond donors (Lipinski definition) is 3. The fourth-order valence-electron chi connectivity index (χ4n) is 4.00. The van der Waals surface area contributed by atoms with Crippen molar-refractivity contribution < 1.29 is 4.79 Å². The molecule has 1 fully saturated rings. The van der Waals surface area contributed by atoms with Crippen molar-refractivity contribution in [2.75, 3.05) is 61.0 Å². The van der Waals surface area contributed by atoms with Crippen LogP contribution in [0, 0.1) is 5.92 Å². The van der Waals surface area contributed by atoms with Crippen LogP contribution >= 0.6 is 0 Å². The van der Waals surface area contributed by atoms with Crippen LogP contribution in [-0.2, 0) is 4.79 Å². The molecule has 0 spiro atoms. The molecule has 2 heterocycles. The average Bonchev–Trinajstić information content (AvgIpc) is 3.29. The van der Waals surface area contributed by atoms with E-state index >= 15 is 0 Å². The summed E-state index contributed by atoms with van der Waals surface area (Å²) in [6, 6.07) is 0. The average molecular weight is 444 g/mol. The Balaban J connectivity index is 2.08. The van der Waals surface area contributed by atoms with Crippen molar-refractivity contribution in [1.82, 2.24) is 14.9 Å². The molecule has 0 saturated carbocycles. The van der Waals surface area contributed by atoms with Crippen molar-refractivity contribution in [2.45, 2.75) is 51.9 Å². The first-order valence-electron chi connectivity index (χ1n) is 11.9. The van der Waals surface area contributed by atoms with E-state index < -0.39 is 0 Å². The van der Waals surface area contributed by atoms with Crippen molar-refractivity contribution in [3.63, 3.8) is 0 Å². The standard InChI is InChI=1S/C24H41N7O/c1-4-6-7-8-14-26-24-28-22(25)21(27-19-32)23(29-24)30(3)18-20(12-5-2)13-11-17-31-15-9-10-16-31/h5,11,13,19-20H,2,4,6-10,12,14-18H2,1,3H3,(H,27,32)(H3,25,26,28,29)/b13-11+. The minimum absolute atomic E-state index is 0.259. The Morgan fingerprint density at radius 1 is 1.25 bits per heavy atom. The van der Waals surface area contributed by atoms with E-state index in [-0.39, 0.29) is 11.7 Å². The van der Waals surface area contributed by atoms with Gasteiger partial charge in [0.15, 0.2) is 11.6 Å². The molecule has 0 aliphatic carbocycles. The van der Waals surface area contributed by atoms with Crippen molar-refractivity contribution in [3.8, 4) is 0 Å². The molecule has 1 aromatic rings. The van der Waals surface area contributed by atoms with E-state index in [4.69, 9.17) is 5.73 Å². The molecule has 32 heavy (non-hydrogen) atoms. The molecule has 0 aromatic carbocycles. The smallest absolute Gasteiger partial charge is 0.226 e. The van der Waals surface area contributed by atoms with Crippen molar-refractivity contribution in [3.05, 3.63) is 24.8 Å². The van der Waals surface area contributed by atoms with E-state index in [9.17, 15) is 4.79 Å². The minimum atomic E-state index is 0.259. The van der Waals surface area contributed by atoms with E-state index in [0.29, 0.717) is 23.9 Å². The molecule has 1 saturated heterocycles. The number of unbranched alkanes of at least 4 members (excludes halogenated alkanes) is 3. The molecule has 178 valence electrons. The van der Waals surface area contributed by atoms with Gasteiger partial charge in [0.2, 0.25) is 12.4 Å². The summed E-state index contributed by atoms with van der Waals surface area (Å²) in [4.78, 5) is 24.7. The van der Waals surface area contributed by atoms with Gasteiger partial charge in [-0.15, -0.1) is 6.58 Å². The van der Waals surface area contributed by atoms with Gasteiger partial charge in [-0.2, -0.15) is 9.97 Å². The monoisotopic (exact) mass is 443 g/mol. The fraction of sp³-hybridized carbons (Fsp3) is 0.625.